The third-order valence-electron chi connectivity index (χ3n) is 3.48. The zero-order chi connectivity index (χ0) is 12.1. The predicted molar refractivity (Wildman–Crippen MR) is 75.2 cm³/mol. The highest BCUT2D eigenvalue weighted by molar-refractivity contribution is 9.10. The Balaban J connectivity index is 1.75. The number of hydrogen-bond donors (Lipinski definition) is 2. The molecule has 0 spiro atoms. The Labute approximate surface area is 112 Å². The van der Waals surface area contributed by atoms with Gasteiger partial charge in [-0.25, -0.2) is 0 Å². The zero-order valence-electron chi connectivity index (χ0n) is 10.0. The molecule has 0 aliphatic heterocycles. The van der Waals surface area contributed by atoms with Gasteiger partial charge in [0.25, 0.3) is 0 Å². The molecule has 1 saturated carbocycles. The van der Waals surface area contributed by atoms with Gasteiger partial charge in [-0.1, -0.05) is 37.8 Å². The number of aliphatic hydroxyl groups excluding tert-OH is 1. The first-order valence-corrected chi connectivity index (χ1v) is 7.21. The van der Waals surface area contributed by atoms with Gasteiger partial charge in [0.2, 0.25) is 0 Å². The van der Waals surface area contributed by atoms with Crippen LogP contribution in [-0.4, -0.2) is 17.8 Å². The van der Waals surface area contributed by atoms with Crippen LogP contribution >= 0.6 is 15.9 Å². The second-order valence-corrected chi connectivity index (χ2v) is 5.76. The Bertz CT molecular complexity index is 350. The Morgan fingerprint density at radius 2 is 2.00 bits per heavy atom. The van der Waals surface area contributed by atoms with E-state index in [2.05, 4.69) is 21.2 Å². The van der Waals surface area contributed by atoms with Crippen LogP contribution in [0.1, 0.15) is 32.1 Å². The summed E-state index contributed by atoms with van der Waals surface area (Å²) in [5, 5.41) is 13.3. The SMILES string of the molecule is OC(CNc1ccccc1Br)CC1CCCC1. The third-order valence-corrected chi connectivity index (χ3v) is 4.17. The summed E-state index contributed by atoms with van der Waals surface area (Å²) in [7, 11) is 0. The molecule has 0 amide bonds. The lowest BCUT2D eigenvalue weighted by Gasteiger charge is -2.17. The maximum Gasteiger partial charge on any atom is 0.0715 e. The van der Waals surface area contributed by atoms with Gasteiger partial charge in [0.15, 0.2) is 0 Å². The number of rotatable bonds is 5. The van der Waals surface area contributed by atoms with E-state index in [0.29, 0.717) is 6.54 Å². The van der Waals surface area contributed by atoms with E-state index in [9.17, 15) is 5.11 Å². The van der Waals surface area contributed by atoms with Crippen molar-refractivity contribution in [1.29, 1.82) is 0 Å². The molecule has 0 radical (unpaired) electrons. The molecule has 2 nitrogen and oxygen atoms in total. The monoisotopic (exact) mass is 297 g/mol. The van der Waals surface area contributed by atoms with Gasteiger partial charge in [-0.05, 0) is 40.4 Å². The summed E-state index contributed by atoms with van der Waals surface area (Å²) in [5.41, 5.74) is 1.05. The van der Waals surface area contributed by atoms with Crippen LogP contribution in [0.2, 0.25) is 0 Å². The molecule has 1 aromatic rings. The average molecular weight is 298 g/mol. The molecule has 3 heteroatoms. The molecule has 2 N–H and O–H groups in total. The van der Waals surface area contributed by atoms with Crippen LogP contribution in [0.3, 0.4) is 0 Å². The summed E-state index contributed by atoms with van der Waals surface area (Å²) < 4.78 is 1.05. The van der Waals surface area contributed by atoms with Gasteiger partial charge >= 0.3 is 0 Å². The maximum atomic E-state index is 9.98. The molecule has 2 rings (SSSR count). The van der Waals surface area contributed by atoms with Crippen LogP contribution in [0.5, 0.6) is 0 Å². The molecular formula is C14H20BrNO. The number of hydrogen-bond acceptors (Lipinski definition) is 2. The summed E-state index contributed by atoms with van der Waals surface area (Å²) in [6.07, 6.45) is 5.99. The van der Waals surface area contributed by atoms with Gasteiger partial charge in [0, 0.05) is 16.7 Å². The quantitative estimate of drug-likeness (QED) is 0.866. The van der Waals surface area contributed by atoms with Gasteiger partial charge < -0.3 is 10.4 Å². The Morgan fingerprint density at radius 1 is 1.29 bits per heavy atom. The lowest BCUT2D eigenvalue weighted by Crippen LogP contribution is -2.22. The summed E-state index contributed by atoms with van der Waals surface area (Å²) in [5.74, 6) is 0.742. The summed E-state index contributed by atoms with van der Waals surface area (Å²) in [4.78, 5) is 0. The largest absolute Gasteiger partial charge is 0.391 e. The van der Waals surface area contributed by atoms with Crippen molar-refractivity contribution in [2.24, 2.45) is 5.92 Å². The minimum absolute atomic E-state index is 0.231. The first-order chi connectivity index (χ1) is 8.25. The topological polar surface area (TPSA) is 32.3 Å². The highest BCUT2D eigenvalue weighted by Gasteiger charge is 2.18. The fourth-order valence-corrected chi connectivity index (χ4v) is 2.97. The van der Waals surface area contributed by atoms with Gasteiger partial charge in [-0.15, -0.1) is 0 Å². The first-order valence-electron chi connectivity index (χ1n) is 6.42. The van der Waals surface area contributed by atoms with Crippen LogP contribution < -0.4 is 5.32 Å². The molecule has 0 aromatic heterocycles. The highest BCUT2D eigenvalue weighted by Crippen LogP contribution is 2.29. The molecule has 17 heavy (non-hydrogen) atoms. The van der Waals surface area contributed by atoms with Crippen LogP contribution in [0.25, 0.3) is 0 Å². The van der Waals surface area contributed by atoms with Crippen molar-refractivity contribution in [2.45, 2.75) is 38.2 Å². The average Bonchev–Trinajstić information content (AvgIpc) is 2.81. The van der Waals surface area contributed by atoms with Gasteiger partial charge in [0.1, 0.15) is 0 Å². The van der Waals surface area contributed by atoms with E-state index in [1.165, 1.54) is 25.7 Å². The van der Waals surface area contributed by atoms with Crippen molar-refractivity contribution in [3.8, 4) is 0 Å². The number of benzene rings is 1. The minimum Gasteiger partial charge on any atom is -0.391 e. The van der Waals surface area contributed by atoms with Crippen molar-refractivity contribution < 1.29 is 5.11 Å². The van der Waals surface area contributed by atoms with E-state index < -0.39 is 0 Å². The summed E-state index contributed by atoms with van der Waals surface area (Å²) in [6.45, 7) is 0.638. The van der Waals surface area contributed by atoms with Crippen LogP contribution in [0.15, 0.2) is 28.7 Å². The molecule has 1 unspecified atom stereocenters. The van der Waals surface area contributed by atoms with E-state index in [1.54, 1.807) is 0 Å². The molecular weight excluding hydrogens is 278 g/mol. The summed E-state index contributed by atoms with van der Waals surface area (Å²) >= 11 is 3.49. The maximum absolute atomic E-state index is 9.98. The van der Waals surface area contributed by atoms with Crippen molar-refractivity contribution in [2.75, 3.05) is 11.9 Å². The molecule has 1 aliphatic rings. The molecule has 0 saturated heterocycles. The Kier molecular flexibility index (Phi) is 4.86. The van der Waals surface area contributed by atoms with E-state index in [0.717, 1.165) is 22.5 Å². The number of aliphatic hydroxyl groups is 1. The third kappa shape index (κ3) is 4.00. The lowest BCUT2D eigenvalue weighted by molar-refractivity contribution is 0.155. The Morgan fingerprint density at radius 3 is 2.71 bits per heavy atom. The molecule has 1 aliphatic carbocycles. The molecule has 1 atom stereocenters. The zero-order valence-corrected chi connectivity index (χ0v) is 11.6. The van der Waals surface area contributed by atoms with Crippen molar-refractivity contribution >= 4 is 21.6 Å². The first kappa shape index (κ1) is 12.9. The van der Waals surface area contributed by atoms with Gasteiger partial charge in [-0.3, -0.25) is 0 Å². The fraction of sp³-hybridized carbons (Fsp3) is 0.571. The van der Waals surface area contributed by atoms with Crippen molar-refractivity contribution in [3.05, 3.63) is 28.7 Å². The fourth-order valence-electron chi connectivity index (χ4n) is 2.55. The summed E-state index contributed by atoms with van der Waals surface area (Å²) in [6, 6.07) is 8.01. The van der Waals surface area contributed by atoms with E-state index in [-0.39, 0.29) is 6.10 Å². The number of nitrogens with one attached hydrogen (secondary N) is 1. The number of para-hydroxylation sites is 1. The van der Waals surface area contributed by atoms with E-state index >= 15 is 0 Å². The molecule has 94 valence electrons. The number of anilines is 1. The van der Waals surface area contributed by atoms with Crippen molar-refractivity contribution in [1.82, 2.24) is 0 Å². The van der Waals surface area contributed by atoms with E-state index in [4.69, 9.17) is 0 Å². The molecule has 1 fully saturated rings. The van der Waals surface area contributed by atoms with Crippen LogP contribution in [0, 0.1) is 5.92 Å². The smallest absolute Gasteiger partial charge is 0.0715 e. The van der Waals surface area contributed by atoms with Gasteiger partial charge in [0.05, 0.1) is 6.10 Å². The number of halogens is 1. The normalized spacial score (nSPS) is 18.2. The van der Waals surface area contributed by atoms with Crippen LogP contribution in [-0.2, 0) is 0 Å². The lowest BCUT2D eigenvalue weighted by atomic mass is 10.00. The molecule has 0 heterocycles. The predicted octanol–water partition coefficient (Wildman–Crippen LogP) is 3.80. The second-order valence-electron chi connectivity index (χ2n) is 4.90. The van der Waals surface area contributed by atoms with Crippen LogP contribution in [0.4, 0.5) is 5.69 Å². The second kappa shape index (κ2) is 6.41. The van der Waals surface area contributed by atoms with Gasteiger partial charge in [-0.2, -0.15) is 0 Å². The standard InChI is InChI=1S/C14H20BrNO/c15-13-7-3-4-8-14(13)16-10-12(17)9-11-5-1-2-6-11/h3-4,7-8,11-12,16-17H,1-2,5-6,9-10H2. The van der Waals surface area contributed by atoms with E-state index in [1.807, 2.05) is 24.3 Å². The minimum atomic E-state index is -0.231. The molecule has 0 bridgehead atoms. The highest BCUT2D eigenvalue weighted by atomic mass is 79.9. The molecule has 1 aromatic carbocycles. The Hall–Kier alpha value is -0.540. The van der Waals surface area contributed by atoms with Crippen molar-refractivity contribution in [3.63, 3.8) is 0 Å².